The van der Waals surface area contributed by atoms with Gasteiger partial charge in [0.2, 0.25) is 0 Å². The molecule has 1 N–H and O–H groups in total. The number of imidazole rings is 1. The molecule has 6 nitrogen and oxygen atoms in total. The van der Waals surface area contributed by atoms with Crippen LogP contribution in [0.5, 0.6) is 11.5 Å². The number of nitrogens with zero attached hydrogens (tertiary/aromatic N) is 2. The van der Waals surface area contributed by atoms with Crippen LogP contribution in [0.3, 0.4) is 0 Å². The summed E-state index contributed by atoms with van der Waals surface area (Å²) in [4.78, 5) is 16.8. The molecule has 0 aliphatic rings. The van der Waals surface area contributed by atoms with Crippen molar-refractivity contribution in [1.82, 2.24) is 9.55 Å². The quantitative estimate of drug-likeness (QED) is 0.705. The van der Waals surface area contributed by atoms with Crippen molar-refractivity contribution in [3.63, 3.8) is 0 Å². The Labute approximate surface area is 156 Å². The molecule has 0 saturated carbocycles. The number of aromatic nitrogens is 2. The first-order valence-electron chi connectivity index (χ1n) is 8.03. The third-order valence-electron chi connectivity index (χ3n) is 3.72. The minimum Gasteiger partial charge on any atom is -0.493 e. The molecule has 0 spiro atoms. The van der Waals surface area contributed by atoms with Crippen LogP contribution in [0.4, 0.5) is 5.69 Å². The Morgan fingerprint density at radius 1 is 1.31 bits per heavy atom. The lowest BCUT2D eigenvalue weighted by molar-refractivity contribution is 0.102. The summed E-state index contributed by atoms with van der Waals surface area (Å²) < 4.78 is 12.6. The Kier molecular flexibility index (Phi) is 5.43. The molecule has 0 bridgehead atoms. The first-order chi connectivity index (χ1) is 12.6. The van der Waals surface area contributed by atoms with E-state index in [1.807, 2.05) is 42.0 Å². The SMILES string of the molecule is CCOc1c(Cl)cc(C(=O)Nc2ccccc2-n2ccnc2)cc1OC. The highest BCUT2D eigenvalue weighted by Gasteiger charge is 2.17. The van der Waals surface area contributed by atoms with E-state index in [0.717, 1.165) is 5.69 Å². The largest absolute Gasteiger partial charge is 0.493 e. The maximum atomic E-state index is 12.7. The molecular weight excluding hydrogens is 354 g/mol. The van der Waals surface area contributed by atoms with E-state index in [9.17, 15) is 4.79 Å². The van der Waals surface area contributed by atoms with Crippen LogP contribution >= 0.6 is 11.6 Å². The van der Waals surface area contributed by atoms with Crippen molar-refractivity contribution in [2.45, 2.75) is 6.92 Å². The van der Waals surface area contributed by atoms with Gasteiger partial charge in [-0.15, -0.1) is 0 Å². The number of carbonyl (C=O) groups excluding carboxylic acids is 1. The number of nitrogens with one attached hydrogen (secondary N) is 1. The number of halogens is 1. The molecule has 26 heavy (non-hydrogen) atoms. The Hall–Kier alpha value is -2.99. The molecule has 3 rings (SSSR count). The van der Waals surface area contributed by atoms with E-state index in [2.05, 4.69) is 10.3 Å². The highest BCUT2D eigenvalue weighted by atomic mass is 35.5. The zero-order chi connectivity index (χ0) is 18.5. The first kappa shape index (κ1) is 17.8. The summed E-state index contributed by atoms with van der Waals surface area (Å²) in [6.45, 7) is 2.29. The zero-order valence-corrected chi connectivity index (χ0v) is 15.2. The summed E-state index contributed by atoms with van der Waals surface area (Å²) in [5, 5.41) is 3.22. The maximum absolute atomic E-state index is 12.7. The van der Waals surface area contributed by atoms with Crippen LogP contribution in [0.2, 0.25) is 5.02 Å². The van der Waals surface area contributed by atoms with Gasteiger partial charge in [0.15, 0.2) is 11.5 Å². The highest BCUT2D eigenvalue weighted by Crippen LogP contribution is 2.36. The fourth-order valence-corrected chi connectivity index (χ4v) is 2.80. The molecule has 7 heteroatoms. The van der Waals surface area contributed by atoms with Crippen molar-refractivity contribution in [3.8, 4) is 17.2 Å². The van der Waals surface area contributed by atoms with Gasteiger partial charge in [-0.1, -0.05) is 23.7 Å². The lowest BCUT2D eigenvalue weighted by Gasteiger charge is -2.14. The zero-order valence-electron chi connectivity index (χ0n) is 14.4. The van der Waals surface area contributed by atoms with Crippen LogP contribution in [-0.2, 0) is 0 Å². The van der Waals surface area contributed by atoms with E-state index in [0.29, 0.717) is 34.4 Å². The summed E-state index contributed by atoms with van der Waals surface area (Å²) >= 11 is 6.25. The van der Waals surface area contributed by atoms with Gasteiger partial charge in [0.05, 0.1) is 36.4 Å². The molecule has 0 atom stereocenters. The average molecular weight is 372 g/mol. The predicted molar refractivity (Wildman–Crippen MR) is 101 cm³/mol. The Bertz CT molecular complexity index is 910. The first-order valence-corrected chi connectivity index (χ1v) is 8.41. The van der Waals surface area contributed by atoms with E-state index in [4.69, 9.17) is 21.1 Å². The minimum absolute atomic E-state index is 0.305. The van der Waals surface area contributed by atoms with Gasteiger partial charge in [-0.3, -0.25) is 4.79 Å². The number of methoxy groups -OCH3 is 1. The molecule has 3 aromatic rings. The number of rotatable bonds is 6. The smallest absolute Gasteiger partial charge is 0.255 e. The summed E-state index contributed by atoms with van der Waals surface area (Å²) in [7, 11) is 1.50. The van der Waals surface area contributed by atoms with Gasteiger partial charge in [0.1, 0.15) is 0 Å². The van der Waals surface area contributed by atoms with Gasteiger partial charge < -0.3 is 19.4 Å². The second-order valence-corrected chi connectivity index (χ2v) is 5.77. The Morgan fingerprint density at radius 2 is 2.12 bits per heavy atom. The second kappa shape index (κ2) is 7.93. The van der Waals surface area contributed by atoms with Gasteiger partial charge in [0, 0.05) is 18.0 Å². The van der Waals surface area contributed by atoms with Crippen molar-refractivity contribution in [3.05, 3.63) is 65.7 Å². The van der Waals surface area contributed by atoms with Crippen LogP contribution in [-0.4, -0.2) is 29.2 Å². The molecule has 1 amide bonds. The van der Waals surface area contributed by atoms with Gasteiger partial charge >= 0.3 is 0 Å². The van der Waals surface area contributed by atoms with Crippen LogP contribution in [0.25, 0.3) is 5.69 Å². The topological polar surface area (TPSA) is 65.4 Å². The predicted octanol–water partition coefficient (Wildman–Crippen LogP) is 4.19. The van der Waals surface area contributed by atoms with Crippen molar-refractivity contribution < 1.29 is 14.3 Å². The van der Waals surface area contributed by atoms with Crippen molar-refractivity contribution in [2.75, 3.05) is 19.0 Å². The van der Waals surface area contributed by atoms with Crippen molar-refractivity contribution >= 4 is 23.2 Å². The number of carbonyl (C=O) groups is 1. The number of para-hydroxylation sites is 2. The number of benzene rings is 2. The van der Waals surface area contributed by atoms with Gasteiger partial charge in [-0.05, 0) is 31.2 Å². The van der Waals surface area contributed by atoms with Gasteiger partial charge in [-0.25, -0.2) is 4.98 Å². The standard InChI is InChI=1S/C19H18ClN3O3/c1-3-26-18-14(20)10-13(11-17(18)25-2)19(24)22-15-6-4-5-7-16(15)23-9-8-21-12-23/h4-12H,3H2,1-2H3,(H,22,24). The van der Waals surface area contributed by atoms with E-state index in [1.54, 1.807) is 24.7 Å². The second-order valence-electron chi connectivity index (χ2n) is 5.36. The van der Waals surface area contributed by atoms with Crippen molar-refractivity contribution in [1.29, 1.82) is 0 Å². The Morgan fingerprint density at radius 3 is 2.81 bits per heavy atom. The van der Waals surface area contributed by atoms with Crippen LogP contribution in [0.15, 0.2) is 55.1 Å². The van der Waals surface area contributed by atoms with Gasteiger partial charge in [-0.2, -0.15) is 0 Å². The van der Waals surface area contributed by atoms with Gasteiger partial charge in [0.25, 0.3) is 5.91 Å². The van der Waals surface area contributed by atoms with Crippen LogP contribution < -0.4 is 14.8 Å². The third-order valence-corrected chi connectivity index (χ3v) is 4.00. The molecule has 0 aliphatic carbocycles. The van der Waals surface area contributed by atoms with E-state index in [-0.39, 0.29) is 5.91 Å². The van der Waals surface area contributed by atoms with E-state index >= 15 is 0 Å². The minimum atomic E-state index is -0.305. The molecule has 0 saturated heterocycles. The normalized spacial score (nSPS) is 10.4. The molecule has 134 valence electrons. The summed E-state index contributed by atoms with van der Waals surface area (Å²) in [6.07, 6.45) is 5.15. The molecule has 0 unspecified atom stereocenters. The van der Waals surface area contributed by atoms with E-state index in [1.165, 1.54) is 7.11 Å². The summed E-state index contributed by atoms with van der Waals surface area (Å²) in [5.41, 5.74) is 1.83. The fraction of sp³-hybridized carbons (Fsp3) is 0.158. The summed E-state index contributed by atoms with van der Waals surface area (Å²) in [6, 6.07) is 10.6. The number of hydrogen-bond donors (Lipinski definition) is 1. The monoisotopic (exact) mass is 371 g/mol. The lowest BCUT2D eigenvalue weighted by Crippen LogP contribution is -2.14. The number of amides is 1. The van der Waals surface area contributed by atoms with Crippen LogP contribution in [0, 0.1) is 0 Å². The average Bonchev–Trinajstić information content (AvgIpc) is 3.18. The van der Waals surface area contributed by atoms with Crippen LogP contribution in [0.1, 0.15) is 17.3 Å². The molecule has 0 aliphatic heterocycles. The number of hydrogen-bond acceptors (Lipinski definition) is 4. The van der Waals surface area contributed by atoms with E-state index < -0.39 is 0 Å². The molecule has 0 fully saturated rings. The molecule has 0 radical (unpaired) electrons. The lowest BCUT2D eigenvalue weighted by atomic mass is 10.1. The highest BCUT2D eigenvalue weighted by molar-refractivity contribution is 6.32. The number of anilines is 1. The Balaban J connectivity index is 1.91. The maximum Gasteiger partial charge on any atom is 0.255 e. The molecule has 2 aromatic carbocycles. The summed E-state index contributed by atoms with van der Waals surface area (Å²) in [5.74, 6) is 0.528. The molecular formula is C19H18ClN3O3. The molecule has 1 heterocycles. The fourth-order valence-electron chi connectivity index (χ4n) is 2.54. The third kappa shape index (κ3) is 3.65. The van der Waals surface area contributed by atoms with Crippen molar-refractivity contribution in [2.24, 2.45) is 0 Å². The number of ether oxygens (including phenoxy) is 2. The molecule has 1 aromatic heterocycles.